The summed E-state index contributed by atoms with van der Waals surface area (Å²) in [5.41, 5.74) is 4.13. The average molecular weight is 291 g/mol. The number of amides is 3. The van der Waals surface area contributed by atoms with Gasteiger partial charge >= 0.3 is 12.0 Å². The number of primary amides is 1. The molecule has 3 amide bonds. The van der Waals surface area contributed by atoms with E-state index in [0.717, 1.165) is 0 Å². The Balaban J connectivity index is 4.61. The summed E-state index contributed by atoms with van der Waals surface area (Å²) in [6.07, 6.45) is 2.11. The molecule has 0 fully saturated rings. The number of urea groups is 1. The number of nitrogens with one attached hydrogen (secondary N) is 2. The normalized spacial score (nSPS) is 12.6. The predicted molar refractivity (Wildman–Crippen MR) is 74.0 cm³/mol. The van der Waals surface area contributed by atoms with E-state index in [0.29, 0.717) is 12.2 Å². The van der Waals surface area contributed by atoms with Gasteiger partial charge in [0.2, 0.25) is 5.91 Å². The molecule has 0 rings (SSSR count). The first-order chi connectivity index (χ1) is 8.68. The highest BCUT2D eigenvalue weighted by atomic mass is 32.2. The van der Waals surface area contributed by atoms with E-state index < -0.39 is 29.5 Å². The number of thioether (sulfide) groups is 1. The number of carbonyl (C=O) groups is 3. The van der Waals surface area contributed by atoms with E-state index in [-0.39, 0.29) is 6.42 Å². The van der Waals surface area contributed by atoms with Crippen molar-refractivity contribution in [3.05, 3.63) is 0 Å². The molecule has 0 saturated heterocycles. The molecule has 0 heterocycles. The molecule has 0 aromatic heterocycles. The van der Waals surface area contributed by atoms with Crippen molar-refractivity contribution in [2.75, 3.05) is 12.0 Å². The minimum atomic E-state index is -1.01. The molecule has 0 aromatic rings. The number of carbonyl (C=O) groups excluding carboxylic acids is 2. The van der Waals surface area contributed by atoms with Crippen LogP contribution in [0.2, 0.25) is 0 Å². The van der Waals surface area contributed by atoms with Gasteiger partial charge in [-0.05, 0) is 32.3 Å². The summed E-state index contributed by atoms with van der Waals surface area (Å²) in [7, 11) is 0. The first-order valence-corrected chi connectivity index (χ1v) is 7.16. The molecule has 8 heteroatoms. The lowest BCUT2D eigenvalue weighted by Gasteiger charge is -2.27. The Kier molecular flexibility index (Phi) is 7.28. The summed E-state index contributed by atoms with van der Waals surface area (Å²) in [5.74, 6) is -0.759. The van der Waals surface area contributed by atoms with Gasteiger partial charge in [0.15, 0.2) is 0 Å². The maximum absolute atomic E-state index is 12.0. The number of rotatable bonds is 8. The number of carboxylic acid groups (broad SMARTS) is 1. The standard InChI is InChI=1S/C11H21N3O4S/c1-11(2,6-8(15)16)14-9(17)7(4-5-19-3)13-10(12)18/h7H,4-6H2,1-3H3,(H,14,17)(H,15,16)(H3,12,13,18). The lowest BCUT2D eigenvalue weighted by atomic mass is 10.00. The Hall–Kier alpha value is -1.44. The number of hydrogen-bond donors (Lipinski definition) is 4. The van der Waals surface area contributed by atoms with Crippen molar-refractivity contribution in [3.63, 3.8) is 0 Å². The van der Waals surface area contributed by atoms with Gasteiger partial charge in [-0.3, -0.25) is 9.59 Å². The van der Waals surface area contributed by atoms with E-state index in [9.17, 15) is 14.4 Å². The number of aliphatic carboxylic acids is 1. The summed E-state index contributed by atoms with van der Waals surface area (Å²) in [6.45, 7) is 3.21. The van der Waals surface area contributed by atoms with Gasteiger partial charge in [-0.15, -0.1) is 0 Å². The van der Waals surface area contributed by atoms with E-state index in [1.165, 1.54) is 11.8 Å². The van der Waals surface area contributed by atoms with Gasteiger partial charge in [0.1, 0.15) is 6.04 Å². The minimum Gasteiger partial charge on any atom is -0.481 e. The Labute approximate surface area is 116 Å². The third kappa shape index (κ3) is 8.30. The van der Waals surface area contributed by atoms with Crippen LogP contribution in [0.5, 0.6) is 0 Å². The van der Waals surface area contributed by atoms with E-state index >= 15 is 0 Å². The van der Waals surface area contributed by atoms with Crippen LogP contribution in [0.3, 0.4) is 0 Å². The maximum Gasteiger partial charge on any atom is 0.312 e. The quantitative estimate of drug-likeness (QED) is 0.507. The average Bonchev–Trinajstić information content (AvgIpc) is 2.20. The van der Waals surface area contributed by atoms with Crippen LogP contribution in [0.4, 0.5) is 4.79 Å². The van der Waals surface area contributed by atoms with Gasteiger partial charge in [-0.1, -0.05) is 0 Å². The maximum atomic E-state index is 12.0. The molecule has 0 aliphatic heterocycles. The van der Waals surface area contributed by atoms with Crippen LogP contribution >= 0.6 is 11.8 Å². The zero-order chi connectivity index (χ0) is 15.1. The SMILES string of the molecule is CSCCC(NC(N)=O)C(=O)NC(C)(C)CC(=O)O. The van der Waals surface area contributed by atoms with Gasteiger partial charge in [-0.25, -0.2) is 4.79 Å². The van der Waals surface area contributed by atoms with Crippen LogP contribution in [0.15, 0.2) is 0 Å². The van der Waals surface area contributed by atoms with Crippen LogP contribution in [-0.2, 0) is 9.59 Å². The van der Waals surface area contributed by atoms with Crippen molar-refractivity contribution in [2.45, 2.75) is 38.3 Å². The molecule has 110 valence electrons. The van der Waals surface area contributed by atoms with Crippen molar-refractivity contribution < 1.29 is 19.5 Å². The van der Waals surface area contributed by atoms with E-state index in [1.807, 2.05) is 6.26 Å². The molecule has 5 N–H and O–H groups in total. The smallest absolute Gasteiger partial charge is 0.312 e. The molecule has 0 spiro atoms. The number of hydrogen-bond acceptors (Lipinski definition) is 4. The highest BCUT2D eigenvalue weighted by molar-refractivity contribution is 7.98. The topological polar surface area (TPSA) is 122 Å². The van der Waals surface area contributed by atoms with Gasteiger partial charge < -0.3 is 21.5 Å². The van der Waals surface area contributed by atoms with Crippen LogP contribution in [-0.4, -0.2) is 46.6 Å². The lowest BCUT2D eigenvalue weighted by Crippen LogP contribution is -2.54. The second-order valence-corrected chi connectivity index (χ2v) is 5.77. The molecule has 0 aromatic carbocycles. The summed E-state index contributed by atoms with van der Waals surface area (Å²) >= 11 is 1.54. The van der Waals surface area contributed by atoms with E-state index in [4.69, 9.17) is 10.8 Å². The number of nitrogens with two attached hydrogens (primary N) is 1. The molecule has 7 nitrogen and oxygen atoms in total. The fourth-order valence-corrected chi connectivity index (χ4v) is 1.99. The highest BCUT2D eigenvalue weighted by Crippen LogP contribution is 2.10. The Morgan fingerprint density at radius 2 is 1.95 bits per heavy atom. The molecular weight excluding hydrogens is 270 g/mol. The second-order valence-electron chi connectivity index (χ2n) is 4.79. The molecule has 0 radical (unpaired) electrons. The monoisotopic (exact) mass is 291 g/mol. The van der Waals surface area contributed by atoms with Crippen molar-refractivity contribution in [3.8, 4) is 0 Å². The molecule has 0 bridgehead atoms. The summed E-state index contributed by atoms with van der Waals surface area (Å²) in [4.78, 5) is 33.5. The summed E-state index contributed by atoms with van der Waals surface area (Å²) in [6, 6.07) is -1.53. The minimum absolute atomic E-state index is 0.204. The summed E-state index contributed by atoms with van der Waals surface area (Å²) in [5, 5.41) is 13.7. The van der Waals surface area contributed by atoms with Crippen LogP contribution in [0.1, 0.15) is 26.7 Å². The molecule has 0 saturated carbocycles. The van der Waals surface area contributed by atoms with Gasteiger partial charge in [0, 0.05) is 5.54 Å². The third-order valence-electron chi connectivity index (χ3n) is 2.30. The van der Waals surface area contributed by atoms with Crippen molar-refractivity contribution in [1.29, 1.82) is 0 Å². The van der Waals surface area contributed by atoms with E-state index in [2.05, 4.69) is 10.6 Å². The Morgan fingerprint density at radius 1 is 1.37 bits per heavy atom. The third-order valence-corrected chi connectivity index (χ3v) is 2.94. The van der Waals surface area contributed by atoms with Gasteiger partial charge in [0.25, 0.3) is 0 Å². The Bertz CT molecular complexity index is 347. The largest absolute Gasteiger partial charge is 0.481 e. The fourth-order valence-electron chi connectivity index (χ4n) is 1.52. The highest BCUT2D eigenvalue weighted by Gasteiger charge is 2.28. The first-order valence-electron chi connectivity index (χ1n) is 5.76. The molecule has 1 atom stereocenters. The Morgan fingerprint density at radius 3 is 2.37 bits per heavy atom. The van der Waals surface area contributed by atoms with Crippen molar-refractivity contribution >= 4 is 29.7 Å². The zero-order valence-electron chi connectivity index (χ0n) is 11.4. The van der Waals surface area contributed by atoms with Crippen molar-refractivity contribution in [2.24, 2.45) is 5.73 Å². The number of carboxylic acids is 1. The molecular formula is C11H21N3O4S. The van der Waals surface area contributed by atoms with Crippen LogP contribution in [0.25, 0.3) is 0 Å². The summed E-state index contributed by atoms with van der Waals surface area (Å²) < 4.78 is 0. The molecule has 19 heavy (non-hydrogen) atoms. The molecule has 0 aliphatic carbocycles. The molecule has 0 aliphatic rings. The van der Waals surface area contributed by atoms with Gasteiger partial charge in [0.05, 0.1) is 6.42 Å². The molecule has 1 unspecified atom stereocenters. The second kappa shape index (κ2) is 7.88. The van der Waals surface area contributed by atoms with Crippen molar-refractivity contribution in [1.82, 2.24) is 10.6 Å². The first kappa shape index (κ1) is 17.6. The predicted octanol–water partition coefficient (Wildman–Crippen LogP) is 0.146. The van der Waals surface area contributed by atoms with Gasteiger partial charge in [-0.2, -0.15) is 11.8 Å². The lowest BCUT2D eigenvalue weighted by molar-refractivity contribution is -0.138. The zero-order valence-corrected chi connectivity index (χ0v) is 12.2. The van der Waals surface area contributed by atoms with Crippen LogP contribution < -0.4 is 16.4 Å². The van der Waals surface area contributed by atoms with E-state index in [1.54, 1.807) is 13.8 Å². The van der Waals surface area contributed by atoms with Crippen LogP contribution in [0, 0.1) is 0 Å². The fraction of sp³-hybridized carbons (Fsp3) is 0.727.